The summed E-state index contributed by atoms with van der Waals surface area (Å²) < 4.78 is 28.7. The Morgan fingerprint density at radius 1 is 0.913 bits per heavy atom. The van der Waals surface area contributed by atoms with Crippen molar-refractivity contribution in [2.75, 3.05) is 0 Å². The van der Waals surface area contributed by atoms with Gasteiger partial charge < -0.3 is 4.74 Å². The van der Waals surface area contributed by atoms with E-state index in [1.165, 1.54) is 30.5 Å². The van der Waals surface area contributed by atoms with E-state index >= 15 is 0 Å². The third-order valence-electron chi connectivity index (χ3n) is 4.45. The Morgan fingerprint density at radius 2 is 1.43 bits per heavy atom. The van der Waals surface area contributed by atoms with Crippen molar-refractivity contribution in [1.82, 2.24) is 0 Å². The van der Waals surface area contributed by atoms with E-state index < -0.39 is 14.7 Å². The molecule has 1 nitrogen and oxygen atoms in total. The van der Waals surface area contributed by atoms with Gasteiger partial charge in [0.05, 0.1) is 0 Å². The molecule has 0 radical (unpaired) electrons. The Bertz CT molecular complexity index is 622. The summed E-state index contributed by atoms with van der Waals surface area (Å²) in [4.78, 5) is 0. The molecule has 0 N–H and O–H groups in total. The molecule has 23 heavy (non-hydrogen) atoms. The molecule has 1 heterocycles. The predicted molar refractivity (Wildman–Crippen MR) is 93.1 cm³/mol. The van der Waals surface area contributed by atoms with Gasteiger partial charge in [0, 0.05) is 0 Å². The van der Waals surface area contributed by atoms with Crippen LogP contribution in [0, 0.1) is 0 Å². The van der Waals surface area contributed by atoms with Gasteiger partial charge in [0.2, 0.25) is 0 Å². The predicted octanol–water partition coefficient (Wildman–Crippen LogP) is 5.80. The molecule has 5 heteroatoms. The lowest BCUT2D eigenvalue weighted by molar-refractivity contribution is -0.0498. The van der Waals surface area contributed by atoms with Gasteiger partial charge in [0.25, 0.3) is 0 Å². The minimum absolute atomic E-state index is 0.183. The standard InChI is InChI=1S/C18H19ClF2OSi/c19-23-11-9-16(10-12-23)14-3-1-13(2-4-14)15-5-7-17(8-6-15)22-18(20)21/h1-8,16,18,23H,9-12H2. The third kappa shape index (κ3) is 4.33. The van der Waals surface area contributed by atoms with Crippen LogP contribution in [0.15, 0.2) is 48.5 Å². The Morgan fingerprint density at radius 3 is 1.96 bits per heavy atom. The van der Waals surface area contributed by atoms with Gasteiger partial charge in [-0.15, -0.1) is 0 Å². The first kappa shape index (κ1) is 16.5. The van der Waals surface area contributed by atoms with E-state index in [-0.39, 0.29) is 5.75 Å². The summed E-state index contributed by atoms with van der Waals surface area (Å²) in [7, 11) is -0.924. The molecule has 0 aliphatic carbocycles. The van der Waals surface area contributed by atoms with Gasteiger partial charge in [0.15, 0.2) is 0 Å². The monoisotopic (exact) mass is 352 g/mol. The molecule has 122 valence electrons. The third-order valence-corrected chi connectivity index (χ3v) is 7.68. The highest BCUT2D eigenvalue weighted by Gasteiger charge is 2.21. The van der Waals surface area contributed by atoms with E-state index in [1.54, 1.807) is 24.3 Å². The largest absolute Gasteiger partial charge is 0.435 e. The summed E-state index contributed by atoms with van der Waals surface area (Å²) in [5.74, 6) is 0.815. The van der Waals surface area contributed by atoms with Gasteiger partial charge in [-0.2, -0.15) is 19.9 Å². The van der Waals surface area contributed by atoms with Crippen LogP contribution in [0.5, 0.6) is 5.75 Å². The van der Waals surface area contributed by atoms with E-state index in [2.05, 4.69) is 29.0 Å². The van der Waals surface area contributed by atoms with Gasteiger partial charge in [-0.1, -0.05) is 36.4 Å². The van der Waals surface area contributed by atoms with Crippen LogP contribution >= 0.6 is 11.1 Å². The van der Waals surface area contributed by atoms with Crippen LogP contribution < -0.4 is 4.74 Å². The fraction of sp³-hybridized carbons (Fsp3) is 0.333. The molecule has 0 bridgehead atoms. The van der Waals surface area contributed by atoms with Crippen molar-refractivity contribution >= 4 is 19.2 Å². The van der Waals surface area contributed by atoms with E-state index in [4.69, 9.17) is 11.1 Å². The number of hydrogen-bond acceptors (Lipinski definition) is 1. The van der Waals surface area contributed by atoms with Crippen molar-refractivity contribution in [3.05, 3.63) is 54.1 Å². The number of hydrogen-bond donors (Lipinski definition) is 0. The number of benzene rings is 2. The van der Waals surface area contributed by atoms with Crippen molar-refractivity contribution in [3.63, 3.8) is 0 Å². The molecule has 1 saturated heterocycles. The molecule has 1 aliphatic heterocycles. The maximum absolute atomic E-state index is 12.2. The van der Waals surface area contributed by atoms with Gasteiger partial charge >= 0.3 is 6.61 Å². The number of rotatable bonds is 4. The fourth-order valence-electron chi connectivity index (χ4n) is 3.16. The molecule has 0 aromatic heterocycles. The smallest absolute Gasteiger partial charge is 0.387 e. The average molecular weight is 353 g/mol. The number of ether oxygens (including phenoxy) is 1. The minimum Gasteiger partial charge on any atom is -0.435 e. The lowest BCUT2D eigenvalue weighted by Gasteiger charge is -2.24. The van der Waals surface area contributed by atoms with Gasteiger partial charge in [-0.3, -0.25) is 0 Å². The summed E-state index contributed by atoms with van der Waals surface area (Å²) in [6, 6.07) is 17.8. The zero-order chi connectivity index (χ0) is 16.2. The van der Waals surface area contributed by atoms with Crippen molar-refractivity contribution in [1.29, 1.82) is 0 Å². The van der Waals surface area contributed by atoms with Crippen LogP contribution in [0.25, 0.3) is 11.1 Å². The maximum Gasteiger partial charge on any atom is 0.387 e. The quantitative estimate of drug-likeness (QED) is 0.499. The second-order valence-electron chi connectivity index (χ2n) is 5.97. The lowest BCUT2D eigenvalue weighted by atomic mass is 9.92. The fourth-order valence-corrected chi connectivity index (χ4v) is 5.74. The topological polar surface area (TPSA) is 9.23 Å². The highest BCUT2D eigenvalue weighted by molar-refractivity contribution is 7.07. The first-order valence-electron chi connectivity index (χ1n) is 7.91. The Balaban J connectivity index is 1.69. The molecule has 0 amide bonds. The van der Waals surface area contributed by atoms with Crippen LogP contribution in [-0.2, 0) is 0 Å². The van der Waals surface area contributed by atoms with Gasteiger partial charge in [-0.25, -0.2) is 0 Å². The van der Waals surface area contributed by atoms with Crippen LogP contribution in [0.4, 0.5) is 8.78 Å². The zero-order valence-corrected chi connectivity index (χ0v) is 14.6. The molecule has 1 fully saturated rings. The molecular formula is C18H19ClF2OSi. The molecule has 0 unspecified atom stereocenters. The highest BCUT2D eigenvalue weighted by atomic mass is 35.6. The molecule has 1 aliphatic rings. The Hall–Kier alpha value is -1.39. The van der Waals surface area contributed by atoms with Crippen molar-refractivity contribution in [2.24, 2.45) is 0 Å². The van der Waals surface area contributed by atoms with Crippen molar-refractivity contribution in [2.45, 2.75) is 37.5 Å². The summed E-state index contributed by atoms with van der Waals surface area (Å²) >= 11 is 6.30. The van der Waals surface area contributed by atoms with Crippen LogP contribution in [0.1, 0.15) is 24.3 Å². The van der Waals surface area contributed by atoms with E-state index in [0.29, 0.717) is 5.92 Å². The Kier molecular flexibility index (Phi) is 5.33. The molecular weight excluding hydrogens is 334 g/mol. The number of alkyl halides is 2. The summed E-state index contributed by atoms with van der Waals surface area (Å²) in [5, 5.41) is 0. The summed E-state index contributed by atoms with van der Waals surface area (Å²) in [6.45, 7) is -2.79. The molecule has 3 rings (SSSR count). The highest BCUT2D eigenvalue weighted by Crippen LogP contribution is 2.35. The summed E-state index contributed by atoms with van der Waals surface area (Å²) in [5.41, 5.74) is 3.46. The van der Waals surface area contributed by atoms with Crippen molar-refractivity contribution < 1.29 is 13.5 Å². The first-order chi connectivity index (χ1) is 11.1. The summed E-state index contributed by atoms with van der Waals surface area (Å²) in [6.07, 6.45) is 2.42. The first-order valence-corrected chi connectivity index (χ1v) is 11.3. The van der Waals surface area contributed by atoms with Crippen molar-refractivity contribution in [3.8, 4) is 16.9 Å². The molecule has 2 aromatic rings. The molecule has 2 aromatic carbocycles. The number of halogens is 3. The zero-order valence-electron chi connectivity index (χ0n) is 12.7. The van der Waals surface area contributed by atoms with Crippen LogP contribution in [-0.4, -0.2) is 14.7 Å². The lowest BCUT2D eigenvalue weighted by Crippen LogP contribution is -2.14. The van der Waals surface area contributed by atoms with E-state index in [1.807, 2.05) is 0 Å². The van der Waals surface area contributed by atoms with Crippen LogP contribution in [0.2, 0.25) is 12.1 Å². The average Bonchev–Trinajstić information content (AvgIpc) is 2.56. The molecule has 0 spiro atoms. The van der Waals surface area contributed by atoms with Crippen LogP contribution in [0.3, 0.4) is 0 Å². The van der Waals surface area contributed by atoms with E-state index in [0.717, 1.165) is 11.1 Å². The molecule has 0 atom stereocenters. The second kappa shape index (κ2) is 7.45. The SMILES string of the molecule is FC(F)Oc1ccc(-c2ccc(C3CC[SiH](Cl)CC3)cc2)cc1. The second-order valence-corrected chi connectivity index (χ2v) is 10.2. The van der Waals surface area contributed by atoms with E-state index in [9.17, 15) is 8.78 Å². The van der Waals surface area contributed by atoms with Gasteiger partial charge in [-0.05, 0) is 59.7 Å². The Labute approximate surface area is 141 Å². The minimum atomic E-state index is -2.79. The van der Waals surface area contributed by atoms with Gasteiger partial charge in [0.1, 0.15) is 13.9 Å². The maximum atomic E-state index is 12.2. The normalized spacial score (nSPS) is 21.4. The molecule has 0 saturated carbocycles.